The summed E-state index contributed by atoms with van der Waals surface area (Å²) in [5, 5.41) is 3.73. The number of nitrogens with one attached hydrogen (secondary N) is 1. The second-order valence-electron chi connectivity index (χ2n) is 11.6. The number of hydrogen-bond donors (Lipinski definition) is 1. The molecule has 242 valence electrons. The lowest BCUT2D eigenvalue weighted by atomic mass is 10.0. The minimum absolute atomic E-state index is 0.00889. The van der Waals surface area contributed by atoms with Crippen LogP contribution in [0, 0.1) is 0 Å². The molecule has 0 saturated heterocycles. The Morgan fingerprint density at radius 2 is 1.43 bits per heavy atom. The standard InChI is InChI=1S/C34H33Cl4N3O4S/c1-34(2,3)39-33(43)30(19-23-11-6-4-7-12-23)40(21-24-17-18-25(35)20-28(24)37)31(42)22-41(29-16-10-15-27(36)32(29)38)46(44,45)26-13-8-5-9-14-26/h4-18,20,30H,19,21-22H2,1-3H3,(H,39,43)/t30-/m1/s1. The van der Waals surface area contributed by atoms with E-state index in [9.17, 15) is 18.0 Å². The summed E-state index contributed by atoms with van der Waals surface area (Å²) in [5.74, 6) is -1.10. The molecule has 0 aliphatic heterocycles. The number of sulfonamides is 1. The average molecular weight is 722 g/mol. The van der Waals surface area contributed by atoms with Crippen molar-refractivity contribution in [3.63, 3.8) is 0 Å². The summed E-state index contributed by atoms with van der Waals surface area (Å²) in [6.45, 7) is 4.69. The van der Waals surface area contributed by atoms with Crippen molar-refractivity contribution in [1.29, 1.82) is 0 Å². The van der Waals surface area contributed by atoms with Crippen molar-refractivity contribution in [3.05, 3.63) is 128 Å². The minimum Gasteiger partial charge on any atom is -0.350 e. The van der Waals surface area contributed by atoms with Crippen LogP contribution in [0.5, 0.6) is 0 Å². The van der Waals surface area contributed by atoms with Crippen LogP contribution in [0.3, 0.4) is 0 Å². The Labute approximate surface area is 290 Å². The van der Waals surface area contributed by atoms with Gasteiger partial charge in [0.05, 0.1) is 20.6 Å². The SMILES string of the molecule is CC(C)(C)NC(=O)[C@@H](Cc1ccccc1)N(Cc1ccc(Cl)cc1Cl)C(=O)CN(c1cccc(Cl)c1Cl)S(=O)(=O)c1ccccc1. The number of anilines is 1. The van der Waals surface area contributed by atoms with Gasteiger partial charge in [-0.3, -0.25) is 13.9 Å². The molecule has 1 N–H and O–H groups in total. The van der Waals surface area contributed by atoms with Crippen LogP contribution in [0.25, 0.3) is 0 Å². The number of amides is 2. The van der Waals surface area contributed by atoms with Crippen molar-refractivity contribution in [2.24, 2.45) is 0 Å². The van der Waals surface area contributed by atoms with Crippen molar-refractivity contribution in [2.45, 2.75) is 50.2 Å². The molecule has 4 aromatic rings. The number of halogens is 4. The molecule has 7 nitrogen and oxygen atoms in total. The maximum absolute atomic E-state index is 14.6. The van der Waals surface area contributed by atoms with Gasteiger partial charge in [-0.25, -0.2) is 8.42 Å². The predicted molar refractivity (Wildman–Crippen MR) is 186 cm³/mol. The number of nitrogens with zero attached hydrogens (tertiary/aromatic N) is 2. The molecule has 12 heteroatoms. The first-order valence-electron chi connectivity index (χ1n) is 14.3. The van der Waals surface area contributed by atoms with E-state index in [2.05, 4.69) is 5.32 Å². The monoisotopic (exact) mass is 719 g/mol. The highest BCUT2D eigenvalue weighted by atomic mass is 35.5. The third-order valence-electron chi connectivity index (χ3n) is 6.94. The Bertz CT molecular complexity index is 1800. The summed E-state index contributed by atoms with van der Waals surface area (Å²) < 4.78 is 29.2. The van der Waals surface area contributed by atoms with E-state index in [0.29, 0.717) is 10.6 Å². The van der Waals surface area contributed by atoms with E-state index in [0.717, 1.165) is 9.87 Å². The van der Waals surface area contributed by atoms with Crippen LogP contribution in [-0.4, -0.2) is 43.3 Å². The van der Waals surface area contributed by atoms with Gasteiger partial charge < -0.3 is 10.2 Å². The van der Waals surface area contributed by atoms with Crippen molar-refractivity contribution < 1.29 is 18.0 Å². The summed E-state index contributed by atoms with van der Waals surface area (Å²) in [7, 11) is -4.34. The third-order valence-corrected chi connectivity index (χ3v) is 10.1. The van der Waals surface area contributed by atoms with Gasteiger partial charge in [0.2, 0.25) is 11.8 Å². The Morgan fingerprint density at radius 3 is 2.04 bits per heavy atom. The Hall–Kier alpha value is -3.27. The fourth-order valence-electron chi connectivity index (χ4n) is 4.76. The first-order valence-corrected chi connectivity index (χ1v) is 17.2. The molecule has 0 unspecified atom stereocenters. The van der Waals surface area contributed by atoms with Gasteiger partial charge in [-0.05, 0) is 68.3 Å². The first kappa shape index (κ1) is 35.6. The number of rotatable bonds is 11. The lowest BCUT2D eigenvalue weighted by Gasteiger charge is -2.35. The molecule has 0 bridgehead atoms. The van der Waals surface area contributed by atoms with Crippen LogP contribution in [-0.2, 0) is 32.6 Å². The van der Waals surface area contributed by atoms with Crippen molar-refractivity contribution in [2.75, 3.05) is 10.8 Å². The summed E-state index contributed by atoms with van der Waals surface area (Å²) in [6.07, 6.45) is 0.142. The maximum atomic E-state index is 14.6. The van der Waals surface area contributed by atoms with Crippen molar-refractivity contribution in [3.8, 4) is 0 Å². The zero-order chi connectivity index (χ0) is 33.6. The minimum atomic E-state index is -4.34. The Kier molecular flexibility index (Phi) is 11.7. The number of hydrogen-bond acceptors (Lipinski definition) is 4. The first-order chi connectivity index (χ1) is 21.7. The zero-order valence-electron chi connectivity index (χ0n) is 25.4. The molecule has 0 heterocycles. The van der Waals surface area contributed by atoms with Gasteiger partial charge in [-0.2, -0.15) is 0 Å². The van der Waals surface area contributed by atoms with E-state index in [1.165, 1.54) is 29.2 Å². The molecule has 0 saturated carbocycles. The molecular weight excluding hydrogens is 688 g/mol. The second-order valence-corrected chi connectivity index (χ2v) is 15.1. The fourth-order valence-corrected chi connectivity index (χ4v) is 7.12. The molecule has 0 fully saturated rings. The van der Waals surface area contributed by atoms with Gasteiger partial charge in [-0.15, -0.1) is 0 Å². The third kappa shape index (κ3) is 8.96. The van der Waals surface area contributed by atoms with Crippen LogP contribution in [0.2, 0.25) is 20.1 Å². The van der Waals surface area contributed by atoms with Crippen LogP contribution < -0.4 is 9.62 Å². The van der Waals surface area contributed by atoms with Crippen molar-refractivity contribution >= 4 is 73.9 Å². The molecule has 0 aromatic heterocycles. The summed E-state index contributed by atoms with van der Waals surface area (Å²) >= 11 is 25.6. The van der Waals surface area contributed by atoms with E-state index in [1.54, 1.807) is 42.5 Å². The largest absolute Gasteiger partial charge is 0.350 e. The van der Waals surface area contributed by atoms with E-state index in [4.69, 9.17) is 46.4 Å². The summed E-state index contributed by atoms with van der Waals surface area (Å²) in [5.41, 5.74) is 0.687. The highest BCUT2D eigenvalue weighted by molar-refractivity contribution is 7.92. The molecule has 1 atom stereocenters. The predicted octanol–water partition coefficient (Wildman–Crippen LogP) is 8.05. The van der Waals surface area contributed by atoms with E-state index in [-0.39, 0.29) is 38.6 Å². The van der Waals surface area contributed by atoms with Gasteiger partial charge >= 0.3 is 0 Å². The molecule has 0 aliphatic carbocycles. The summed E-state index contributed by atoms with van der Waals surface area (Å²) in [6, 6.07) is 25.2. The number of benzene rings is 4. The number of carbonyl (C=O) groups is 2. The van der Waals surface area contributed by atoms with Gasteiger partial charge in [0, 0.05) is 28.5 Å². The normalized spacial score (nSPS) is 12.3. The zero-order valence-corrected chi connectivity index (χ0v) is 29.2. The van der Waals surface area contributed by atoms with Crippen molar-refractivity contribution in [1.82, 2.24) is 10.2 Å². The topological polar surface area (TPSA) is 86.8 Å². The van der Waals surface area contributed by atoms with Crippen LogP contribution in [0.15, 0.2) is 102 Å². The second kappa shape index (κ2) is 15.1. The molecule has 4 rings (SSSR count). The number of carbonyl (C=O) groups excluding carboxylic acids is 2. The van der Waals surface area contributed by atoms with Gasteiger partial charge in [0.25, 0.3) is 10.0 Å². The van der Waals surface area contributed by atoms with Gasteiger partial charge in [-0.1, -0.05) is 107 Å². The molecule has 0 aliphatic rings. The molecular formula is C34H33Cl4N3O4S. The van der Waals surface area contributed by atoms with Crippen LogP contribution in [0.4, 0.5) is 5.69 Å². The van der Waals surface area contributed by atoms with E-state index in [1.807, 2.05) is 51.1 Å². The smallest absolute Gasteiger partial charge is 0.264 e. The lowest BCUT2D eigenvalue weighted by molar-refractivity contribution is -0.140. The molecule has 0 spiro atoms. The van der Waals surface area contributed by atoms with E-state index < -0.39 is 40.0 Å². The van der Waals surface area contributed by atoms with Gasteiger partial charge in [0.1, 0.15) is 12.6 Å². The maximum Gasteiger partial charge on any atom is 0.264 e. The molecule has 4 aromatic carbocycles. The quantitative estimate of drug-likeness (QED) is 0.170. The Morgan fingerprint density at radius 1 is 0.804 bits per heavy atom. The lowest BCUT2D eigenvalue weighted by Crippen LogP contribution is -2.56. The molecule has 2 amide bonds. The van der Waals surface area contributed by atoms with Gasteiger partial charge in [0.15, 0.2) is 0 Å². The van der Waals surface area contributed by atoms with Crippen LogP contribution in [0.1, 0.15) is 31.9 Å². The Balaban J connectivity index is 1.86. The average Bonchev–Trinajstić information content (AvgIpc) is 3.00. The highest BCUT2D eigenvalue weighted by Gasteiger charge is 2.36. The van der Waals surface area contributed by atoms with Crippen LogP contribution >= 0.6 is 46.4 Å². The summed E-state index contributed by atoms with van der Waals surface area (Å²) in [4.78, 5) is 29.8. The van der Waals surface area contributed by atoms with E-state index >= 15 is 0 Å². The molecule has 46 heavy (non-hydrogen) atoms. The molecule has 0 radical (unpaired) electrons. The fraction of sp³-hybridized carbons (Fsp3) is 0.235. The highest BCUT2D eigenvalue weighted by Crippen LogP contribution is 2.36.